The highest BCUT2D eigenvalue weighted by Gasteiger charge is 2.31. The van der Waals surface area contributed by atoms with Crippen LogP contribution in [0.2, 0.25) is 0 Å². The number of nitrogens with one attached hydrogen (secondary N) is 2. The Hall–Kier alpha value is -2.28. The van der Waals surface area contributed by atoms with Crippen molar-refractivity contribution in [3.05, 3.63) is 35.0 Å². The van der Waals surface area contributed by atoms with E-state index in [4.69, 9.17) is 26.4 Å². The molecule has 1 heterocycles. The smallest absolute Gasteiger partial charge is 0.338 e. The third-order valence-corrected chi connectivity index (χ3v) is 4.18. The minimum atomic E-state index is -0.414. The highest BCUT2D eigenvalue weighted by atomic mass is 32.1. The fourth-order valence-electron chi connectivity index (χ4n) is 2.63. The number of esters is 1. The van der Waals surface area contributed by atoms with Gasteiger partial charge in [-0.3, -0.25) is 0 Å². The van der Waals surface area contributed by atoms with Gasteiger partial charge in [-0.15, -0.1) is 0 Å². The van der Waals surface area contributed by atoms with Gasteiger partial charge in [0.15, 0.2) is 16.6 Å². The summed E-state index contributed by atoms with van der Waals surface area (Å²) in [5, 5.41) is 6.59. The maximum atomic E-state index is 12.6. The first-order valence-corrected chi connectivity index (χ1v) is 8.60. The Kier molecular flexibility index (Phi) is 6.64. The molecule has 1 aliphatic heterocycles. The summed E-state index contributed by atoms with van der Waals surface area (Å²) in [6.45, 7) is 4.26. The Balaban J connectivity index is 2.37. The number of benzene rings is 1. The summed E-state index contributed by atoms with van der Waals surface area (Å²) in [6.07, 6.45) is 1.80. The summed E-state index contributed by atoms with van der Waals surface area (Å²) >= 11 is 5.25. The molecule has 1 aliphatic rings. The van der Waals surface area contributed by atoms with Crippen molar-refractivity contribution in [2.45, 2.75) is 32.7 Å². The molecule has 136 valence electrons. The highest BCUT2D eigenvalue weighted by molar-refractivity contribution is 7.80. The maximum Gasteiger partial charge on any atom is 0.338 e. The van der Waals surface area contributed by atoms with Crippen molar-refractivity contribution in [2.24, 2.45) is 0 Å². The molecule has 1 aromatic rings. The van der Waals surface area contributed by atoms with Crippen LogP contribution in [0.4, 0.5) is 0 Å². The van der Waals surface area contributed by atoms with E-state index in [0.29, 0.717) is 34.5 Å². The predicted molar refractivity (Wildman–Crippen MR) is 99.7 cm³/mol. The lowest BCUT2D eigenvalue weighted by Crippen LogP contribution is -2.45. The normalized spacial score (nSPS) is 16.8. The fourth-order valence-corrected chi connectivity index (χ4v) is 2.90. The molecule has 1 atom stereocenters. The van der Waals surface area contributed by atoms with Gasteiger partial charge < -0.3 is 24.8 Å². The van der Waals surface area contributed by atoms with Gasteiger partial charge in [0, 0.05) is 5.70 Å². The Morgan fingerprint density at radius 1 is 1.24 bits per heavy atom. The Morgan fingerprint density at radius 2 is 1.96 bits per heavy atom. The summed E-state index contributed by atoms with van der Waals surface area (Å²) in [5.41, 5.74) is 2.03. The number of carbonyl (C=O) groups is 1. The zero-order valence-electron chi connectivity index (χ0n) is 15.0. The van der Waals surface area contributed by atoms with Crippen molar-refractivity contribution < 1.29 is 19.0 Å². The van der Waals surface area contributed by atoms with E-state index >= 15 is 0 Å². The van der Waals surface area contributed by atoms with Gasteiger partial charge in [-0.25, -0.2) is 4.79 Å². The SMILES string of the molecule is CCCCOC(=O)C1=C(C)NC(=S)NC1c1ccc(OC)c(OC)c1. The molecule has 2 rings (SSSR count). The third-order valence-electron chi connectivity index (χ3n) is 3.96. The number of thiocarbonyl (C=S) groups is 1. The van der Waals surface area contributed by atoms with Crippen molar-refractivity contribution >= 4 is 23.3 Å². The van der Waals surface area contributed by atoms with Crippen molar-refractivity contribution in [3.63, 3.8) is 0 Å². The molecule has 25 heavy (non-hydrogen) atoms. The number of hydrogen-bond donors (Lipinski definition) is 2. The van der Waals surface area contributed by atoms with Crippen molar-refractivity contribution in [1.82, 2.24) is 10.6 Å². The van der Waals surface area contributed by atoms with Crippen LogP contribution in [0.1, 0.15) is 38.3 Å². The molecule has 1 aromatic carbocycles. The van der Waals surface area contributed by atoms with Crippen LogP contribution in [0.15, 0.2) is 29.5 Å². The van der Waals surface area contributed by atoms with Gasteiger partial charge in [0.25, 0.3) is 0 Å². The molecule has 0 saturated heterocycles. The second-order valence-corrected chi connectivity index (χ2v) is 6.08. The molecular formula is C18H24N2O4S. The van der Waals surface area contributed by atoms with Crippen LogP contribution >= 0.6 is 12.2 Å². The van der Waals surface area contributed by atoms with Crippen LogP contribution in [0, 0.1) is 0 Å². The van der Waals surface area contributed by atoms with E-state index in [9.17, 15) is 4.79 Å². The molecule has 6 nitrogen and oxygen atoms in total. The van der Waals surface area contributed by atoms with Gasteiger partial charge in [-0.1, -0.05) is 19.4 Å². The van der Waals surface area contributed by atoms with Gasteiger partial charge in [-0.2, -0.15) is 0 Å². The van der Waals surface area contributed by atoms with Crippen LogP contribution < -0.4 is 20.1 Å². The number of allylic oxidation sites excluding steroid dienone is 1. The molecule has 1 unspecified atom stereocenters. The highest BCUT2D eigenvalue weighted by Crippen LogP contribution is 2.34. The molecule has 0 radical (unpaired) electrons. The Bertz CT molecular complexity index is 688. The lowest BCUT2D eigenvalue weighted by atomic mass is 9.95. The average molecular weight is 364 g/mol. The lowest BCUT2D eigenvalue weighted by Gasteiger charge is -2.30. The van der Waals surface area contributed by atoms with Crippen LogP contribution in [0.25, 0.3) is 0 Å². The lowest BCUT2D eigenvalue weighted by molar-refractivity contribution is -0.139. The van der Waals surface area contributed by atoms with Gasteiger partial charge in [0.1, 0.15) is 0 Å². The summed E-state index contributed by atoms with van der Waals surface area (Å²) in [7, 11) is 3.15. The van der Waals surface area contributed by atoms with Gasteiger partial charge in [-0.05, 0) is 43.3 Å². The molecule has 0 bridgehead atoms. The predicted octanol–water partition coefficient (Wildman–Crippen LogP) is 2.84. The maximum absolute atomic E-state index is 12.6. The van der Waals surface area contributed by atoms with Crippen LogP contribution in [-0.4, -0.2) is 31.9 Å². The number of hydrogen-bond acceptors (Lipinski definition) is 5. The average Bonchev–Trinajstić information content (AvgIpc) is 2.60. The zero-order valence-corrected chi connectivity index (χ0v) is 15.8. The van der Waals surface area contributed by atoms with Crippen LogP contribution in [0.5, 0.6) is 11.5 Å². The fraction of sp³-hybridized carbons (Fsp3) is 0.444. The van der Waals surface area contributed by atoms with E-state index in [2.05, 4.69) is 10.6 Å². The van der Waals surface area contributed by atoms with Crippen molar-refractivity contribution in [3.8, 4) is 11.5 Å². The minimum Gasteiger partial charge on any atom is -0.493 e. The van der Waals surface area contributed by atoms with E-state index in [1.807, 2.05) is 26.0 Å². The molecule has 2 N–H and O–H groups in total. The molecule has 0 spiro atoms. The van der Waals surface area contributed by atoms with Crippen LogP contribution in [0.3, 0.4) is 0 Å². The Labute approximate surface area is 153 Å². The molecular weight excluding hydrogens is 340 g/mol. The minimum absolute atomic E-state index is 0.353. The van der Waals surface area contributed by atoms with Crippen molar-refractivity contribution in [1.29, 1.82) is 0 Å². The first kappa shape index (κ1) is 19.1. The molecule has 0 saturated carbocycles. The number of methoxy groups -OCH3 is 2. The van der Waals surface area contributed by atoms with E-state index in [1.54, 1.807) is 20.3 Å². The summed E-state index contributed by atoms with van der Waals surface area (Å²) in [5.74, 6) is 0.853. The van der Waals surface area contributed by atoms with Crippen LogP contribution in [-0.2, 0) is 9.53 Å². The van der Waals surface area contributed by atoms with Gasteiger partial charge in [0.05, 0.1) is 32.4 Å². The second-order valence-electron chi connectivity index (χ2n) is 5.67. The summed E-state index contributed by atoms with van der Waals surface area (Å²) in [6, 6.07) is 5.09. The Morgan fingerprint density at radius 3 is 2.60 bits per heavy atom. The molecule has 0 amide bonds. The summed E-state index contributed by atoms with van der Waals surface area (Å²) in [4.78, 5) is 12.6. The van der Waals surface area contributed by atoms with Gasteiger partial charge >= 0.3 is 5.97 Å². The molecule has 0 aliphatic carbocycles. The molecule has 0 fully saturated rings. The third kappa shape index (κ3) is 4.42. The zero-order chi connectivity index (χ0) is 18.4. The molecule has 0 aromatic heterocycles. The van der Waals surface area contributed by atoms with E-state index in [-0.39, 0.29) is 5.97 Å². The van der Waals surface area contributed by atoms with Gasteiger partial charge in [0.2, 0.25) is 0 Å². The molecule has 7 heteroatoms. The first-order chi connectivity index (χ1) is 12.0. The topological polar surface area (TPSA) is 68.8 Å². The number of carbonyl (C=O) groups excluding carboxylic acids is 1. The monoisotopic (exact) mass is 364 g/mol. The number of unbranched alkanes of at least 4 members (excludes halogenated alkanes) is 1. The van der Waals surface area contributed by atoms with E-state index in [1.165, 1.54) is 0 Å². The number of ether oxygens (including phenoxy) is 3. The standard InChI is InChI=1S/C18H24N2O4S/c1-5-6-9-24-17(21)15-11(2)19-18(25)20-16(15)12-7-8-13(22-3)14(10-12)23-4/h7-8,10,16H,5-6,9H2,1-4H3,(H2,19,20,25). The summed E-state index contributed by atoms with van der Waals surface area (Å²) < 4.78 is 16.0. The first-order valence-electron chi connectivity index (χ1n) is 8.19. The van der Waals surface area contributed by atoms with E-state index < -0.39 is 6.04 Å². The quantitative estimate of drug-likeness (QED) is 0.438. The second kappa shape index (κ2) is 8.71. The van der Waals surface area contributed by atoms with Crippen molar-refractivity contribution in [2.75, 3.05) is 20.8 Å². The number of rotatable bonds is 7. The largest absolute Gasteiger partial charge is 0.493 e. The van der Waals surface area contributed by atoms with E-state index in [0.717, 1.165) is 18.4 Å².